The minimum absolute atomic E-state index is 0.0871. The molecule has 1 aromatic heterocycles. The Morgan fingerprint density at radius 3 is 2.95 bits per heavy atom. The van der Waals surface area contributed by atoms with Gasteiger partial charge in [0.15, 0.2) is 0 Å². The molecule has 0 radical (unpaired) electrons. The molecular weight excluding hydrogens is 272 g/mol. The summed E-state index contributed by atoms with van der Waals surface area (Å²) in [5, 5.41) is 12.6. The van der Waals surface area contributed by atoms with Crippen LogP contribution in [-0.2, 0) is 10.5 Å². The highest BCUT2D eigenvalue weighted by Gasteiger charge is 2.20. The summed E-state index contributed by atoms with van der Waals surface area (Å²) in [6.45, 7) is 0.700. The molecule has 1 heterocycles. The van der Waals surface area contributed by atoms with Crippen molar-refractivity contribution in [1.82, 2.24) is 10.3 Å². The first-order chi connectivity index (χ1) is 9.74. The van der Waals surface area contributed by atoms with Crippen LogP contribution in [0.1, 0.15) is 31.2 Å². The van der Waals surface area contributed by atoms with Crippen molar-refractivity contribution in [3.05, 3.63) is 30.1 Å². The average Bonchev–Trinajstić information content (AvgIpc) is 2.46. The number of carbonyl (C=O) groups is 1. The van der Waals surface area contributed by atoms with Crippen LogP contribution in [0.25, 0.3) is 0 Å². The van der Waals surface area contributed by atoms with Gasteiger partial charge in [-0.1, -0.05) is 6.42 Å². The zero-order valence-corrected chi connectivity index (χ0v) is 12.4. The Balaban J connectivity index is 1.58. The number of nitrogens with zero attached hydrogens (tertiary/aromatic N) is 1. The van der Waals surface area contributed by atoms with E-state index in [1.807, 2.05) is 12.1 Å². The molecule has 1 amide bonds. The molecule has 0 aromatic carbocycles. The first-order valence-corrected chi connectivity index (χ1v) is 8.31. The summed E-state index contributed by atoms with van der Waals surface area (Å²) in [6, 6.07) is 3.93. The summed E-state index contributed by atoms with van der Waals surface area (Å²) in [5.74, 6) is 1.84. The summed E-state index contributed by atoms with van der Waals surface area (Å²) in [7, 11) is 0. The minimum atomic E-state index is -0.174. The van der Waals surface area contributed by atoms with Crippen molar-refractivity contribution < 1.29 is 9.90 Å². The predicted molar refractivity (Wildman–Crippen MR) is 81.4 cm³/mol. The van der Waals surface area contributed by atoms with Crippen LogP contribution in [0.5, 0.6) is 0 Å². The lowest BCUT2D eigenvalue weighted by molar-refractivity contribution is -0.118. The van der Waals surface area contributed by atoms with E-state index in [1.54, 1.807) is 24.2 Å². The van der Waals surface area contributed by atoms with E-state index in [9.17, 15) is 9.90 Å². The Kier molecular flexibility index (Phi) is 6.33. The standard InChI is InChI=1S/C15H22N2O2S/c18-14-3-1-2-13(8-14)9-17-15(19)11-20-10-12-4-6-16-7-5-12/h4-7,13-14,18H,1-3,8-11H2,(H,17,19). The Morgan fingerprint density at radius 1 is 1.40 bits per heavy atom. The van der Waals surface area contributed by atoms with Gasteiger partial charge in [-0.25, -0.2) is 0 Å². The van der Waals surface area contributed by atoms with Gasteiger partial charge in [0.25, 0.3) is 0 Å². The zero-order chi connectivity index (χ0) is 14.2. The van der Waals surface area contributed by atoms with E-state index in [2.05, 4.69) is 10.3 Å². The second-order valence-corrected chi connectivity index (χ2v) is 6.32. The lowest BCUT2D eigenvalue weighted by Gasteiger charge is -2.25. The van der Waals surface area contributed by atoms with Gasteiger partial charge >= 0.3 is 0 Å². The SMILES string of the molecule is O=C(CSCc1ccncc1)NCC1CCCC(O)C1. The summed E-state index contributed by atoms with van der Waals surface area (Å²) < 4.78 is 0. The number of rotatable bonds is 6. The Labute approximate surface area is 124 Å². The van der Waals surface area contributed by atoms with Crippen molar-refractivity contribution in [3.63, 3.8) is 0 Å². The number of hydrogen-bond donors (Lipinski definition) is 2. The van der Waals surface area contributed by atoms with Crippen LogP contribution in [-0.4, -0.2) is 34.4 Å². The van der Waals surface area contributed by atoms with Crippen molar-refractivity contribution in [2.45, 2.75) is 37.5 Å². The first kappa shape index (κ1) is 15.3. The van der Waals surface area contributed by atoms with Gasteiger partial charge in [0.1, 0.15) is 0 Å². The maximum absolute atomic E-state index is 11.8. The number of carbonyl (C=O) groups excluding carboxylic acids is 1. The topological polar surface area (TPSA) is 62.2 Å². The maximum atomic E-state index is 11.8. The highest BCUT2D eigenvalue weighted by atomic mass is 32.2. The van der Waals surface area contributed by atoms with E-state index in [0.29, 0.717) is 18.2 Å². The quantitative estimate of drug-likeness (QED) is 0.842. The van der Waals surface area contributed by atoms with Gasteiger partial charge in [0.2, 0.25) is 5.91 Å². The monoisotopic (exact) mass is 294 g/mol. The fourth-order valence-corrected chi connectivity index (χ4v) is 3.32. The van der Waals surface area contributed by atoms with Gasteiger partial charge in [-0.3, -0.25) is 9.78 Å². The minimum Gasteiger partial charge on any atom is -0.393 e. The van der Waals surface area contributed by atoms with E-state index in [4.69, 9.17) is 0 Å². The largest absolute Gasteiger partial charge is 0.393 e. The van der Waals surface area contributed by atoms with E-state index < -0.39 is 0 Å². The third kappa shape index (κ3) is 5.51. The number of hydrogen-bond acceptors (Lipinski definition) is 4. The van der Waals surface area contributed by atoms with Gasteiger partial charge in [-0.05, 0) is 42.9 Å². The number of aliphatic hydroxyl groups is 1. The molecule has 110 valence electrons. The molecule has 0 aliphatic heterocycles. The molecule has 5 heteroatoms. The lowest BCUT2D eigenvalue weighted by Crippen LogP contribution is -2.33. The summed E-state index contributed by atoms with van der Waals surface area (Å²) in [5.41, 5.74) is 1.19. The number of aliphatic hydroxyl groups excluding tert-OH is 1. The van der Waals surface area contributed by atoms with Crippen LogP contribution in [0.15, 0.2) is 24.5 Å². The van der Waals surface area contributed by atoms with E-state index in [0.717, 1.165) is 31.4 Å². The highest BCUT2D eigenvalue weighted by molar-refractivity contribution is 7.99. The van der Waals surface area contributed by atoms with Crippen LogP contribution in [0.3, 0.4) is 0 Å². The van der Waals surface area contributed by atoms with E-state index >= 15 is 0 Å². The van der Waals surface area contributed by atoms with Crippen LogP contribution < -0.4 is 5.32 Å². The highest BCUT2D eigenvalue weighted by Crippen LogP contribution is 2.23. The molecule has 0 spiro atoms. The second-order valence-electron chi connectivity index (χ2n) is 5.34. The molecule has 1 saturated carbocycles. The summed E-state index contributed by atoms with van der Waals surface area (Å²) >= 11 is 1.61. The fraction of sp³-hybridized carbons (Fsp3) is 0.600. The van der Waals surface area contributed by atoms with Gasteiger partial charge in [0, 0.05) is 24.7 Å². The van der Waals surface area contributed by atoms with Crippen molar-refractivity contribution in [1.29, 1.82) is 0 Å². The van der Waals surface area contributed by atoms with Gasteiger partial charge in [-0.2, -0.15) is 0 Å². The molecule has 0 saturated heterocycles. The molecule has 0 bridgehead atoms. The third-order valence-corrected chi connectivity index (χ3v) is 4.60. The summed E-state index contributed by atoms with van der Waals surface area (Å²) in [4.78, 5) is 15.7. The van der Waals surface area contributed by atoms with Crippen LogP contribution in [0.2, 0.25) is 0 Å². The van der Waals surface area contributed by atoms with Gasteiger partial charge in [-0.15, -0.1) is 11.8 Å². The van der Waals surface area contributed by atoms with E-state index in [-0.39, 0.29) is 12.0 Å². The second kappa shape index (κ2) is 8.27. The smallest absolute Gasteiger partial charge is 0.230 e. The van der Waals surface area contributed by atoms with Crippen molar-refractivity contribution >= 4 is 17.7 Å². The Morgan fingerprint density at radius 2 is 2.20 bits per heavy atom. The van der Waals surface area contributed by atoms with Crippen LogP contribution in [0.4, 0.5) is 0 Å². The van der Waals surface area contributed by atoms with Crippen LogP contribution in [0, 0.1) is 5.92 Å². The van der Waals surface area contributed by atoms with Crippen molar-refractivity contribution in [3.8, 4) is 0 Å². The van der Waals surface area contributed by atoms with Crippen molar-refractivity contribution in [2.75, 3.05) is 12.3 Å². The van der Waals surface area contributed by atoms with E-state index in [1.165, 1.54) is 5.56 Å². The Bertz CT molecular complexity index is 414. The molecule has 1 aliphatic carbocycles. The van der Waals surface area contributed by atoms with Crippen molar-refractivity contribution in [2.24, 2.45) is 5.92 Å². The molecule has 1 aliphatic rings. The zero-order valence-electron chi connectivity index (χ0n) is 11.6. The molecule has 2 rings (SSSR count). The van der Waals surface area contributed by atoms with Crippen LogP contribution >= 0.6 is 11.8 Å². The number of aromatic nitrogens is 1. The number of amides is 1. The molecular formula is C15H22N2O2S. The number of pyridine rings is 1. The maximum Gasteiger partial charge on any atom is 0.230 e. The predicted octanol–water partition coefficient (Wildman–Crippen LogP) is 1.98. The molecule has 1 fully saturated rings. The van der Waals surface area contributed by atoms with Gasteiger partial charge < -0.3 is 10.4 Å². The molecule has 20 heavy (non-hydrogen) atoms. The molecule has 2 N–H and O–H groups in total. The third-order valence-electron chi connectivity index (χ3n) is 3.59. The molecule has 1 aromatic rings. The average molecular weight is 294 g/mol. The normalized spacial score (nSPS) is 22.4. The molecule has 2 unspecified atom stereocenters. The fourth-order valence-electron chi connectivity index (χ4n) is 2.50. The Hall–Kier alpha value is -1.07. The van der Waals surface area contributed by atoms with Gasteiger partial charge in [0.05, 0.1) is 11.9 Å². The number of nitrogens with one attached hydrogen (secondary N) is 1. The lowest BCUT2D eigenvalue weighted by atomic mass is 9.87. The summed E-state index contributed by atoms with van der Waals surface area (Å²) in [6.07, 6.45) is 7.28. The molecule has 4 nitrogen and oxygen atoms in total. The first-order valence-electron chi connectivity index (χ1n) is 7.15. The number of thioether (sulfide) groups is 1. The molecule has 2 atom stereocenters.